The average Bonchev–Trinajstić information content (AvgIpc) is 3.37. The number of hydrogen-bond acceptors (Lipinski definition) is 2. The molecule has 142 valence electrons. The van der Waals surface area contributed by atoms with Gasteiger partial charge in [-0.1, -0.05) is 31.0 Å². The van der Waals surface area contributed by atoms with E-state index in [1.165, 1.54) is 31.7 Å². The summed E-state index contributed by atoms with van der Waals surface area (Å²) in [5.74, 6) is -1.84. The third kappa shape index (κ3) is 4.19. The van der Waals surface area contributed by atoms with Crippen molar-refractivity contribution in [2.75, 3.05) is 6.54 Å². The maximum absolute atomic E-state index is 13.4. The molecule has 0 saturated heterocycles. The Bertz CT molecular complexity index is 825. The van der Waals surface area contributed by atoms with Gasteiger partial charge < -0.3 is 10.6 Å². The Morgan fingerprint density at radius 2 is 1.63 bits per heavy atom. The molecule has 0 bridgehead atoms. The predicted octanol–water partition coefficient (Wildman–Crippen LogP) is 4.43. The number of carbonyl (C=O) groups excluding carboxylic acids is 1. The lowest BCUT2D eigenvalue weighted by Gasteiger charge is -2.31. The molecule has 2 N–H and O–H groups in total. The van der Waals surface area contributed by atoms with Crippen molar-refractivity contribution >= 4 is 5.91 Å². The van der Waals surface area contributed by atoms with Gasteiger partial charge in [0.25, 0.3) is 5.91 Å². The Morgan fingerprint density at radius 3 is 2.26 bits per heavy atom. The maximum Gasteiger partial charge on any atom is 0.251 e. The number of benzene rings is 2. The molecular formula is C22H24F2N2O. The van der Waals surface area contributed by atoms with Crippen molar-refractivity contribution in [3.8, 4) is 11.1 Å². The van der Waals surface area contributed by atoms with Gasteiger partial charge in [0.2, 0.25) is 0 Å². The van der Waals surface area contributed by atoms with Crippen molar-refractivity contribution in [3.05, 3.63) is 59.7 Å². The zero-order valence-electron chi connectivity index (χ0n) is 15.2. The molecule has 0 atom stereocenters. The molecular weight excluding hydrogens is 346 g/mol. The van der Waals surface area contributed by atoms with Crippen LogP contribution in [0.4, 0.5) is 8.78 Å². The van der Waals surface area contributed by atoms with Crippen LogP contribution in [-0.4, -0.2) is 24.0 Å². The summed E-state index contributed by atoms with van der Waals surface area (Å²) < 4.78 is 26.5. The van der Waals surface area contributed by atoms with E-state index in [0.717, 1.165) is 30.5 Å². The monoisotopic (exact) mass is 370 g/mol. The van der Waals surface area contributed by atoms with Crippen LogP contribution in [0.5, 0.6) is 0 Å². The lowest BCUT2D eigenvalue weighted by molar-refractivity contribution is 0.0938. The lowest BCUT2D eigenvalue weighted by Crippen LogP contribution is -2.52. The van der Waals surface area contributed by atoms with Gasteiger partial charge in [-0.3, -0.25) is 4.79 Å². The second-order valence-electron chi connectivity index (χ2n) is 7.79. The van der Waals surface area contributed by atoms with Crippen LogP contribution >= 0.6 is 0 Å². The average molecular weight is 370 g/mol. The molecule has 4 rings (SSSR count). The molecule has 0 heterocycles. The molecule has 5 heteroatoms. The van der Waals surface area contributed by atoms with E-state index >= 15 is 0 Å². The van der Waals surface area contributed by atoms with Crippen LogP contribution in [0.3, 0.4) is 0 Å². The molecule has 0 radical (unpaired) electrons. The van der Waals surface area contributed by atoms with Crippen LogP contribution < -0.4 is 10.6 Å². The van der Waals surface area contributed by atoms with Crippen LogP contribution in [0.25, 0.3) is 11.1 Å². The first-order valence-electron chi connectivity index (χ1n) is 9.66. The number of hydrogen-bond donors (Lipinski definition) is 2. The van der Waals surface area contributed by atoms with E-state index in [9.17, 15) is 13.6 Å². The Labute approximate surface area is 158 Å². The molecule has 3 nitrogen and oxygen atoms in total. The molecule has 2 aromatic rings. The first-order valence-corrected chi connectivity index (χ1v) is 9.66. The minimum atomic E-state index is -0.876. The molecule has 2 fully saturated rings. The van der Waals surface area contributed by atoms with Crippen molar-refractivity contribution in [1.29, 1.82) is 0 Å². The van der Waals surface area contributed by atoms with Crippen LogP contribution in [0.2, 0.25) is 0 Å². The second-order valence-corrected chi connectivity index (χ2v) is 7.79. The minimum absolute atomic E-state index is 0.0441. The first kappa shape index (κ1) is 18.1. The topological polar surface area (TPSA) is 41.1 Å². The fourth-order valence-electron chi connectivity index (χ4n) is 3.93. The Balaban J connectivity index is 1.40. The number of halogens is 2. The van der Waals surface area contributed by atoms with Gasteiger partial charge >= 0.3 is 0 Å². The fourth-order valence-corrected chi connectivity index (χ4v) is 3.93. The van der Waals surface area contributed by atoms with Gasteiger partial charge in [0.05, 0.1) is 0 Å². The highest BCUT2D eigenvalue weighted by molar-refractivity contribution is 5.94. The summed E-state index contributed by atoms with van der Waals surface area (Å²) in [6, 6.07) is 11.4. The molecule has 2 aliphatic carbocycles. The molecule has 27 heavy (non-hydrogen) atoms. The smallest absolute Gasteiger partial charge is 0.251 e. The van der Waals surface area contributed by atoms with E-state index in [1.807, 2.05) is 0 Å². The van der Waals surface area contributed by atoms with E-state index < -0.39 is 11.6 Å². The lowest BCUT2D eigenvalue weighted by atomic mass is 9.97. The highest BCUT2D eigenvalue weighted by atomic mass is 19.2. The quantitative estimate of drug-likeness (QED) is 0.790. The summed E-state index contributed by atoms with van der Waals surface area (Å²) in [6.45, 7) is 0.646. The molecule has 0 unspecified atom stereocenters. The van der Waals surface area contributed by atoms with Crippen molar-refractivity contribution in [2.45, 2.75) is 50.1 Å². The zero-order chi connectivity index (χ0) is 18.9. The van der Waals surface area contributed by atoms with Gasteiger partial charge in [-0.25, -0.2) is 8.78 Å². The summed E-state index contributed by atoms with van der Waals surface area (Å²) in [4.78, 5) is 12.5. The second kappa shape index (κ2) is 7.39. The number of nitrogens with one attached hydrogen (secondary N) is 2. The van der Waals surface area contributed by atoms with Gasteiger partial charge in [-0.05, 0) is 61.1 Å². The van der Waals surface area contributed by atoms with Crippen LogP contribution in [0, 0.1) is 11.6 Å². The fraction of sp³-hybridized carbons (Fsp3) is 0.409. The van der Waals surface area contributed by atoms with Gasteiger partial charge in [-0.2, -0.15) is 0 Å². The van der Waals surface area contributed by atoms with Crippen molar-refractivity contribution in [1.82, 2.24) is 10.6 Å². The van der Waals surface area contributed by atoms with Gasteiger partial charge in [0.15, 0.2) is 11.6 Å². The molecule has 2 saturated carbocycles. The van der Waals surface area contributed by atoms with E-state index in [0.29, 0.717) is 23.7 Å². The van der Waals surface area contributed by atoms with Crippen molar-refractivity contribution < 1.29 is 13.6 Å². The van der Waals surface area contributed by atoms with Crippen LogP contribution in [0.1, 0.15) is 48.9 Å². The van der Waals surface area contributed by atoms with Crippen LogP contribution in [-0.2, 0) is 0 Å². The summed E-state index contributed by atoms with van der Waals surface area (Å²) in [7, 11) is 0. The standard InChI is InChI=1S/C22H24F2N2O/c23-19-10-7-17(13-20(19)24)15-3-5-16(6-4-15)21(27)25-14-22(11-1-2-12-22)26-18-8-9-18/h3-7,10,13,18,26H,1-2,8-9,11-12,14H2,(H,25,27). The van der Waals surface area contributed by atoms with E-state index in [-0.39, 0.29) is 11.4 Å². The normalized spacial score (nSPS) is 18.4. The zero-order valence-corrected chi connectivity index (χ0v) is 15.2. The summed E-state index contributed by atoms with van der Waals surface area (Å²) >= 11 is 0. The molecule has 2 aromatic carbocycles. The van der Waals surface area contributed by atoms with Gasteiger partial charge in [0.1, 0.15) is 0 Å². The SMILES string of the molecule is O=C(NCC1(NC2CC2)CCCC1)c1ccc(-c2ccc(F)c(F)c2)cc1. The molecule has 0 aromatic heterocycles. The van der Waals surface area contributed by atoms with Gasteiger partial charge in [0, 0.05) is 23.7 Å². The Hall–Kier alpha value is -2.27. The minimum Gasteiger partial charge on any atom is -0.350 e. The highest BCUT2D eigenvalue weighted by Gasteiger charge is 2.38. The van der Waals surface area contributed by atoms with Crippen molar-refractivity contribution in [3.63, 3.8) is 0 Å². The molecule has 0 spiro atoms. The number of carbonyl (C=O) groups is 1. The predicted molar refractivity (Wildman–Crippen MR) is 101 cm³/mol. The van der Waals surface area contributed by atoms with E-state index in [1.54, 1.807) is 24.3 Å². The summed E-state index contributed by atoms with van der Waals surface area (Å²) in [5, 5.41) is 6.81. The highest BCUT2D eigenvalue weighted by Crippen LogP contribution is 2.33. The molecule has 0 aliphatic heterocycles. The Kier molecular flexibility index (Phi) is 4.96. The maximum atomic E-state index is 13.4. The van der Waals surface area contributed by atoms with Crippen LogP contribution in [0.15, 0.2) is 42.5 Å². The van der Waals surface area contributed by atoms with E-state index in [2.05, 4.69) is 10.6 Å². The van der Waals surface area contributed by atoms with E-state index in [4.69, 9.17) is 0 Å². The third-order valence-corrected chi connectivity index (χ3v) is 5.64. The molecule has 1 amide bonds. The van der Waals surface area contributed by atoms with Gasteiger partial charge in [-0.15, -0.1) is 0 Å². The first-order chi connectivity index (χ1) is 13.0. The Morgan fingerprint density at radius 1 is 0.963 bits per heavy atom. The summed E-state index contributed by atoms with van der Waals surface area (Å²) in [6.07, 6.45) is 7.11. The number of amides is 1. The van der Waals surface area contributed by atoms with Crippen molar-refractivity contribution in [2.24, 2.45) is 0 Å². The number of rotatable bonds is 6. The third-order valence-electron chi connectivity index (χ3n) is 5.64. The summed E-state index contributed by atoms with van der Waals surface area (Å²) in [5.41, 5.74) is 1.94. The molecule has 2 aliphatic rings. The largest absolute Gasteiger partial charge is 0.350 e.